The maximum absolute atomic E-state index is 6.20. The van der Waals surface area contributed by atoms with Crippen LogP contribution in [0, 0.1) is 32.6 Å². The molecule has 0 aliphatic carbocycles. The molecule has 0 amide bonds. The molecule has 0 unspecified atom stereocenters. The summed E-state index contributed by atoms with van der Waals surface area (Å²) in [5, 5.41) is 8.52. The Kier molecular flexibility index (Phi) is 8.45. The van der Waals surface area contributed by atoms with Gasteiger partial charge in [0.1, 0.15) is 5.69 Å². The highest BCUT2D eigenvalue weighted by molar-refractivity contribution is 5.68. The van der Waals surface area contributed by atoms with E-state index in [1.807, 2.05) is 37.4 Å². The average Bonchev–Trinajstić information content (AvgIpc) is 3.23. The Morgan fingerprint density at radius 1 is 0.970 bits per heavy atom. The van der Waals surface area contributed by atoms with E-state index in [1.165, 1.54) is 16.7 Å². The Morgan fingerprint density at radius 3 is 2.27 bits per heavy atom. The van der Waals surface area contributed by atoms with Crippen LogP contribution in [-0.4, -0.2) is 17.5 Å². The van der Waals surface area contributed by atoms with Gasteiger partial charge in [0.05, 0.1) is 12.7 Å². The molecule has 3 aromatic rings. The molecule has 3 rings (SSSR count). The van der Waals surface area contributed by atoms with Gasteiger partial charge in [-0.05, 0) is 50.3 Å². The van der Waals surface area contributed by atoms with Gasteiger partial charge < -0.3 is 14.1 Å². The predicted molar refractivity (Wildman–Crippen MR) is 133 cm³/mol. The van der Waals surface area contributed by atoms with Crippen molar-refractivity contribution in [1.29, 1.82) is 0 Å². The summed E-state index contributed by atoms with van der Waals surface area (Å²) in [7, 11) is 0. The molecule has 33 heavy (non-hydrogen) atoms. The molecule has 5 nitrogen and oxygen atoms in total. The van der Waals surface area contributed by atoms with Crippen LogP contribution in [0.3, 0.4) is 0 Å². The van der Waals surface area contributed by atoms with Crippen molar-refractivity contribution in [2.75, 3.05) is 0 Å². The van der Waals surface area contributed by atoms with Crippen LogP contribution in [0.1, 0.15) is 61.8 Å². The van der Waals surface area contributed by atoms with Crippen LogP contribution >= 0.6 is 0 Å². The van der Waals surface area contributed by atoms with Gasteiger partial charge in [-0.25, -0.2) is 0 Å². The van der Waals surface area contributed by atoms with Crippen LogP contribution in [-0.2, 0) is 16.2 Å². The number of aromatic nitrogens is 1. The number of ether oxygens (including phenoxy) is 1. The number of rotatable bonds is 10. The lowest BCUT2D eigenvalue weighted by atomic mass is 9.95. The Balaban J connectivity index is 1.60. The molecule has 0 saturated carbocycles. The fraction of sp³-hybridized carbons (Fsp3) is 0.429. The van der Waals surface area contributed by atoms with E-state index in [1.54, 1.807) is 0 Å². The maximum atomic E-state index is 6.20. The van der Waals surface area contributed by atoms with E-state index in [-0.39, 0.29) is 18.1 Å². The molecule has 2 aromatic carbocycles. The second kappa shape index (κ2) is 11.3. The van der Waals surface area contributed by atoms with Gasteiger partial charge in [-0.1, -0.05) is 79.1 Å². The van der Waals surface area contributed by atoms with Crippen LogP contribution in [0.2, 0.25) is 0 Å². The number of hydrogen-bond donors (Lipinski definition) is 0. The van der Waals surface area contributed by atoms with Gasteiger partial charge in [-0.3, -0.25) is 0 Å². The lowest BCUT2D eigenvalue weighted by Gasteiger charge is -2.25. The molecule has 0 spiro atoms. The predicted octanol–water partition coefficient (Wildman–Crippen LogP) is 7.21. The maximum Gasteiger partial charge on any atom is 0.184 e. The molecule has 0 radical (unpaired) electrons. The van der Waals surface area contributed by atoms with Crippen molar-refractivity contribution < 1.29 is 14.1 Å². The van der Waals surface area contributed by atoms with Crippen LogP contribution in [0.25, 0.3) is 11.3 Å². The highest BCUT2D eigenvalue weighted by Gasteiger charge is 2.21. The molecule has 0 aliphatic rings. The van der Waals surface area contributed by atoms with Crippen LogP contribution < -0.4 is 0 Å². The Hall–Kier alpha value is -2.92. The van der Waals surface area contributed by atoms with Crippen molar-refractivity contribution in [3.05, 3.63) is 76.5 Å². The minimum absolute atomic E-state index is 0.0391. The summed E-state index contributed by atoms with van der Waals surface area (Å²) in [6, 6.07) is 16.5. The summed E-state index contributed by atoms with van der Waals surface area (Å²) in [5.41, 5.74) is 6.70. The standard InChI is InChI=1S/C28H36N2O3/c1-18(2)28(31-17-24-11-9-8-10-12-24)22(6)16-29-32-23(7)26-15-25(30-33-26)27-20(4)13-19(3)14-21(27)5/h8-16,18,22-23,28H,17H2,1-7H3/b29-16-/t22-,23+,28-/m1/s1. The van der Waals surface area contributed by atoms with Gasteiger partial charge in [0.2, 0.25) is 0 Å². The summed E-state index contributed by atoms with van der Waals surface area (Å²) < 4.78 is 11.8. The molecule has 3 atom stereocenters. The van der Waals surface area contributed by atoms with E-state index in [0.717, 1.165) is 16.8 Å². The van der Waals surface area contributed by atoms with Gasteiger partial charge in [-0.15, -0.1) is 0 Å². The van der Waals surface area contributed by atoms with Gasteiger partial charge in [0, 0.05) is 23.8 Å². The van der Waals surface area contributed by atoms with E-state index in [2.05, 4.69) is 76.1 Å². The fourth-order valence-corrected chi connectivity index (χ4v) is 4.26. The monoisotopic (exact) mass is 448 g/mol. The first-order valence-corrected chi connectivity index (χ1v) is 11.7. The lowest BCUT2D eigenvalue weighted by Crippen LogP contribution is -2.28. The molecule has 0 N–H and O–H groups in total. The minimum atomic E-state index is -0.344. The van der Waals surface area contributed by atoms with E-state index in [9.17, 15) is 0 Å². The summed E-state index contributed by atoms with van der Waals surface area (Å²) in [4.78, 5) is 5.70. The Bertz CT molecular complexity index is 1030. The van der Waals surface area contributed by atoms with E-state index < -0.39 is 0 Å². The second-order valence-corrected chi connectivity index (χ2v) is 9.25. The summed E-state index contributed by atoms with van der Waals surface area (Å²) in [5.74, 6) is 1.10. The second-order valence-electron chi connectivity index (χ2n) is 9.25. The van der Waals surface area contributed by atoms with E-state index in [4.69, 9.17) is 14.1 Å². The van der Waals surface area contributed by atoms with Crippen molar-refractivity contribution in [2.45, 2.75) is 67.3 Å². The third kappa shape index (κ3) is 6.55. The Morgan fingerprint density at radius 2 is 1.64 bits per heavy atom. The van der Waals surface area contributed by atoms with Crippen LogP contribution in [0.15, 0.2) is 58.2 Å². The zero-order chi connectivity index (χ0) is 24.0. The lowest BCUT2D eigenvalue weighted by molar-refractivity contribution is -0.00813. The van der Waals surface area contributed by atoms with Gasteiger partial charge in [0.25, 0.3) is 0 Å². The summed E-state index contributed by atoms with van der Waals surface area (Å²) in [6.45, 7) is 15.2. The molecular formula is C28H36N2O3. The smallest absolute Gasteiger partial charge is 0.184 e. The first-order chi connectivity index (χ1) is 15.8. The minimum Gasteiger partial charge on any atom is -0.385 e. The summed E-state index contributed by atoms with van der Waals surface area (Å²) >= 11 is 0. The van der Waals surface area contributed by atoms with Gasteiger partial charge >= 0.3 is 0 Å². The van der Waals surface area contributed by atoms with Gasteiger partial charge in [-0.2, -0.15) is 0 Å². The molecule has 0 aliphatic heterocycles. The SMILES string of the molecule is Cc1cc(C)c(-c2cc([C@H](C)O/N=C\[C@@H](C)[C@H](OCc3ccccc3)C(C)C)on2)c(C)c1. The third-order valence-electron chi connectivity index (χ3n) is 5.84. The highest BCUT2D eigenvalue weighted by Crippen LogP contribution is 2.30. The van der Waals surface area contributed by atoms with Crippen LogP contribution in [0.4, 0.5) is 0 Å². The molecule has 0 fully saturated rings. The molecule has 0 saturated heterocycles. The van der Waals surface area contributed by atoms with Gasteiger partial charge in [0.15, 0.2) is 11.9 Å². The van der Waals surface area contributed by atoms with Crippen molar-refractivity contribution in [3.8, 4) is 11.3 Å². The largest absolute Gasteiger partial charge is 0.385 e. The third-order valence-corrected chi connectivity index (χ3v) is 5.84. The van der Waals surface area contributed by atoms with E-state index in [0.29, 0.717) is 18.3 Å². The number of hydrogen-bond acceptors (Lipinski definition) is 5. The van der Waals surface area contributed by atoms with Crippen molar-refractivity contribution in [2.24, 2.45) is 17.0 Å². The average molecular weight is 449 g/mol. The first kappa shape index (κ1) is 24.7. The van der Waals surface area contributed by atoms with Crippen LogP contribution in [0.5, 0.6) is 0 Å². The molecule has 1 aromatic heterocycles. The Labute approximate surface area is 197 Å². The number of benzene rings is 2. The fourth-order valence-electron chi connectivity index (χ4n) is 4.26. The molecular weight excluding hydrogens is 412 g/mol. The zero-order valence-electron chi connectivity index (χ0n) is 20.8. The number of nitrogens with zero attached hydrogens (tertiary/aromatic N) is 2. The number of oxime groups is 1. The number of aryl methyl sites for hydroxylation is 3. The highest BCUT2D eigenvalue weighted by atomic mass is 16.6. The molecule has 5 heteroatoms. The zero-order valence-corrected chi connectivity index (χ0v) is 20.8. The topological polar surface area (TPSA) is 56.9 Å². The normalized spacial score (nSPS) is 14.5. The molecule has 1 heterocycles. The van der Waals surface area contributed by atoms with E-state index >= 15 is 0 Å². The molecule has 0 bridgehead atoms. The first-order valence-electron chi connectivity index (χ1n) is 11.7. The van der Waals surface area contributed by atoms with Crippen molar-refractivity contribution >= 4 is 6.21 Å². The van der Waals surface area contributed by atoms with Crippen molar-refractivity contribution in [3.63, 3.8) is 0 Å². The molecule has 176 valence electrons. The quantitative estimate of drug-likeness (QED) is 0.243. The summed E-state index contributed by atoms with van der Waals surface area (Å²) in [6.07, 6.45) is 1.51. The van der Waals surface area contributed by atoms with Crippen molar-refractivity contribution in [1.82, 2.24) is 5.16 Å².